The van der Waals surface area contributed by atoms with E-state index in [0.717, 1.165) is 32.3 Å². The summed E-state index contributed by atoms with van der Waals surface area (Å²) in [5.74, 6) is 0. The second-order valence-corrected chi connectivity index (χ2v) is 6.19. The second-order valence-electron chi connectivity index (χ2n) is 6.19. The van der Waals surface area contributed by atoms with Crippen molar-refractivity contribution in [1.29, 1.82) is 0 Å². The molecule has 1 aliphatic carbocycles. The molecule has 0 spiro atoms. The van der Waals surface area contributed by atoms with E-state index in [2.05, 4.69) is 48.3 Å². The first-order valence-electron chi connectivity index (χ1n) is 8.27. The van der Waals surface area contributed by atoms with Crippen molar-refractivity contribution in [2.24, 2.45) is 0 Å². The van der Waals surface area contributed by atoms with Gasteiger partial charge in [-0.15, -0.1) is 0 Å². The largest absolute Gasteiger partial charge is 0.383 e. The molecule has 3 heteroatoms. The van der Waals surface area contributed by atoms with Crippen molar-refractivity contribution in [2.75, 3.05) is 20.3 Å². The first-order valence-corrected chi connectivity index (χ1v) is 8.27. The number of benzene rings is 1. The lowest BCUT2D eigenvalue weighted by Gasteiger charge is -2.28. The van der Waals surface area contributed by atoms with Crippen LogP contribution in [-0.4, -0.2) is 37.2 Å². The van der Waals surface area contributed by atoms with Crippen LogP contribution in [0.2, 0.25) is 0 Å². The lowest BCUT2D eigenvalue weighted by molar-refractivity contribution is 0.118. The lowest BCUT2D eigenvalue weighted by atomic mass is 10.1. The zero-order valence-electron chi connectivity index (χ0n) is 13.8. The van der Waals surface area contributed by atoms with Gasteiger partial charge < -0.3 is 10.1 Å². The van der Waals surface area contributed by atoms with Gasteiger partial charge in [0.25, 0.3) is 0 Å². The molecule has 21 heavy (non-hydrogen) atoms. The van der Waals surface area contributed by atoms with E-state index in [1.807, 2.05) is 0 Å². The third-order valence-corrected chi connectivity index (χ3v) is 4.38. The Morgan fingerprint density at radius 1 is 1.24 bits per heavy atom. The van der Waals surface area contributed by atoms with Crippen molar-refractivity contribution >= 4 is 0 Å². The fraction of sp³-hybridized carbons (Fsp3) is 0.667. The van der Waals surface area contributed by atoms with E-state index in [-0.39, 0.29) is 0 Å². The monoisotopic (exact) mass is 290 g/mol. The fourth-order valence-corrected chi connectivity index (χ4v) is 2.47. The Balaban J connectivity index is 1.86. The molecule has 0 heterocycles. The highest BCUT2D eigenvalue weighted by molar-refractivity contribution is 5.22. The summed E-state index contributed by atoms with van der Waals surface area (Å²) in [4.78, 5) is 2.50. The van der Waals surface area contributed by atoms with Crippen LogP contribution in [-0.2, 0) is 17.8 Å². The molecule has 1 unspecified atom stereocenters. The Bertz CT molecular complexity index is 400. The van der Waals surface area contributed by atoms with Gasteiger partial charge in [-0.3, -0.25) is 4.90 Å². The van der Waals surface area contributed by atoms with Crippen LogP contribution in [0.15, 0.2) is 24.3 Å². The number of rotatable bonds is 10. The van der Waals surface area contributed by atoms with Crippen LogP contribution in [0.3, 0.4) is 0 Å². The summed E-state index contributed by atoms with van der Waals surface area (Å²) in [7, 11) is 1.77. The van der Waals surface area contributed by atoms with E-state index < -0.39 is 0 Å². The summed E-state index contributed by atoms with van der Waals surface area (Å²) in [6.45, 7) is 8.35. The van der Waals surface area contributed by atoms with E-state index >= 15 is 0 Å². The summed E-state index contributed by atoms with van der Waals surface area (Å²) in [6, 6.07) is 10.4. The average Bonchev–Trinajstić information content (AvgIpc) is 3.34. The number of methoxy groups -OCH3 is 1. The van der Waals surface area contributed by atoms with Crippen LogP contribution in [0.5, 0.6) is 0 Å². The molecular formula is C18H30N2O. The van der Waals surface area contributed by atoms with Crippen LogP contribution in [0.1, 0.15) is 44.2 Å². The predicted molar refractivity (Wildman–Crippen MR) is 88.3 cm³/mol. The average molecular weight is 290 g/mol. The quantitative estimate of drug-likeness (QED) is 0.716. The smallest absolute Gasteiger partial charge is 0.0589 e. The maximum absolute atomic E-state index is 5.23. The van der Waals surface area contributed by atoms with Gasteiger partial charge in [0.2, 0.25) is 0 Å². The highest BCUT2D eigenvalue weighted by atomic mass is 16.5. The molecule has 0 bridgehead atoms. The van der Waals surface area contributed by atoms with Gasteiger partial charge in [-0.1, -0.05) is 31.2 Å². The summed E-state index contributed by atoms with van der Waals surface area (Å²) in [5.41, 5.74) is 2.78. The standard InChI is InChI=1S/C18H30N2O/c1-4-15(2)20(11-12-21-3)14-17-7-5-16(6-8-17)13-19-18-9-10-18/h5-8,15,18-19H,4,9-14H2,1-3H3. The Morgan fingerprint density at radius 2 is 1.90 bits per heavy atom. The van der Waals surface area contributed by atoms with Gasteiger partial charge in [-0.25, -0.2) is 0 Å². The Morgan fingerprint density at radius 3 is 2.48 bits per heavy atom. The van der Waals surface area contributed by atoms with Crippen LogP contribution < -0.4 is 5.32 Å². The van der Waals surface area contributed by atoms with Crippen molar-refractivity contribution in [1.82, 2.24) is 10.2 Å². The van der Waals surface area contributed by atoms with Crippen LogP contribution in [0.25, 0.3) is 0 Å². The van der Waals surface area contributed by atoms with Crippen molar-refractivity contribution in [3.8, 4) is 0 Å². The van der Waals surface area contributed by atoms with Gasteiger partial charge in [0, 0.05) is 38.8 Å². The molecule has 2 rings (SSSR count). The SMILES string of the molecule is CCC(C)N(CCOC)Cc1ccc(CNC2CC2)cc1. The maximum Gasteiger partial charge on any atom is 0.0589 e. The molecule has 1 aromatic rings. The number of hydrogen-bond acceptors (Lipinski definition) is 3. The molecule has 1 fully saturated rings. The highest BCUT2D eigenvalue weighted by Gasteiger charge is 2.19. The van der Waals surface area contributed by atoms with Gasteiger partial charge in [-0.05, 0) is 37.3 Å². The Kier molecular flexibility index (Phi) is 6.68. The van der Waals surface area contributed by atoms with Crippen molar-refractivity contribution in [2.45, 2.75) is 58.3 Å². The molecular weight excluding hydrogens is 260 g/mol. The summed E-state index contributed by atoms with van der Waals surface area (Å²) in [6.07, 6.45) is 3.87. The molecule has 1 atom stereocenters. The molecule has 0 aromatic heterocycles. The molecule has 0 aliphatic heterocycles. The molecule has 3 nitrogen and oxygen atoms in total. The summed E-state index contributed by atoms with van der Waals surface area (Å²) < 4.78 is 5.23. The molecule has 118 valence electrons. The van der Waals surface area contributed by atoms with Crippen LogP contribution >= 0.6 is 0 Å². The molecule has 1 saturated carbocycles. The topological polar surface area (TPSA) is 24.5 Å². The Hall–Kier alpha value is -0.900. The zero-order valence-corrected chi connectivity index (χ0v) is 13.8. The van der Waals surface area contributed by atoms with Gasteiger partial charge in [-0.2, -0.15) is 0 Å². The van der Waals surface area contributed by atoms with E-state index in [1.54, 1.807) is 7.11 Å². The normalized spacial score (nSPS) is 16.4. The number of nitrogens with one attached hydrogen (secondary N) is 1. The second kappa shape index (κ2) is 8.52. The van der Waals surface area contributed by atoms with Crippen molar-refractivity contribution in [3.63, 3.8) is 0 Å². The van der Waals surface area contributed by atoms with Crippen LogP contribution in [0, 0.1) is 0 Å². The number of nitrogens with zero attached hydrogens (tertiary/aromatic N) is 1. The minimum absolute atomic E-state index is 0.594. The maximum atomic E-state index is 5.23. The lowest BCUT2D eigenvalue weighted by Crippen LogP contribution is -2.34. The molecule has 1 N–H and O–H groups in total. The third-order valence-electron chi connectivity index (χ3n) is 4.38. The third kappa shape index (κ3) is 5.77. The van der Waals surface area contributed by atoms with Crippen LogP contribution in [0.4, 0.5) is 0 Å². The fourth-order valence-electron chi connectivity index (χ4n) is 2.47. The van der Waals surface area contributed by atoms with Gasteiger partial charge in [0.05, 0.1) is 6.61 Å². The molecule has 1 aliphatic rings. The number of ether oxygens (including phenoxy) is 1. The van der Waals surface area contributed by atoms with Crippen molar-refractivity contribution in [3.05, 3.63) is 35.4 Å². The summed E-state index contributed by atoms with van der Waals surface area (Å²) >= 11 is 0. The van der Waals surface area contributed by atoms with E-state index in [9.17, 15) is 0 Å². The minimum Gasteiger partial charge on any atom is -0.383 e. The highest BCUT2D eigenvalue weighted by Crippen LogP contribution is 2.19. The molecule has 0 saturated heterocycles. The minimum atomic E-state index is 0.594. The zero-order chi connectivity index (χ0) is 15.1. The van der Waals surface area contributed by atoms with Gasteiger partial charge >= 0.3 is 0 Å². The van der Waals surface area contributed by atoms with E-state index in [0.29, 0.717) is 6.04 Å². The first-order chi connectivity index (χ1) is 10.2. The first kappa shape index (κ1) is 16.5. The predicted octanol–water partition coefficient (Wildman–Crippen LogP) is 3.19. The molecule has 1 aromatic carbocycles. The van der Waals surface area contributed by atoms with E-state index in [1.165, 1.54) is 30.4 Å². The number of hydrogen-bond donors (Lipinski definition) is 1. The Labute approximate surface area is 129 Å². The van der Waals surface area contributed by atoms with E-state index in [4.69, 9.17) is 4.74 Å². The molecule has 0 amide bonds. The van der Waals surface area contributed by atoms with Crippen molar-refractivity contribution < 1.29 is 4.74 Å². The van der Waals surface area contributed by atoms with Gasteiger partial charge in [0.15, 0.2) is 0 Å². The molecule has 0 radical (unpaired) electrons. The summed E-state index contributed by atoms with van der Waals surface area (Å²) in [5, 5.41) is 3.56. The van der Waals surface area contributed by atoms with Gasteiger partial charge in [0.1, 0.15) is 0 Å².